The Labute approximate surface area is 95.5 Å². The number of aryl methyl sites for hydroxylation is 1. The van der Waals surface area contributed by atoms with Crippen molar-refractivity contribution in [3.8, 4) is 11.3 Å². The van der Waals surface area contributed by atoms with Gasteiger partial charge in [0, 0.05) is 18.5 Å². The van der Waals surface area contributed by atoms with E-state index in [0.29, 0.717) is 0 Å². The van der Waals surface area contributed by atoms with Gasteiger partial charge in [-0.3, -0.25) is 0 Å². The lowest BCUT2D eigenvalue weighted by Gasteiger charge is -1.97. The van der Waals surface area contributed by atoms with Crippen LogP contribution in [0.2, 0.25) is 0 Å². The smallest absolute Gasteiger partial charge is 0.196 e. The number of likely N-dealkylation sites (N-methyl/N-ethyl adjacent to an activating group) is 1. The number of nitrogens with zero attached hydrogens (tertiary/aromatic N) is 1. The lowest BCUT2D eigenvalue weighted by Crippen LogP contribution is -2.10. The second-order valence-electron chi connectivity index (χ2n) is 3.84. The van der Waals surface area contributed by atoms with E-state index in [1.165, 1.54) is 5.56 Å². The molecule has 0 fully saturated rings. The molecular formula is C13H16N2O. The summed E-state index contributed by atoms with van der Waals surface area (Å²) >= 11 is 0. The standard InChI is InChI=1S/C13H16N2O/c1-10-3-5-11(6-4-10)12-9-15-13(16-12)7-8-14-2/h3-6,9,14H,7-8H2,1-2H3. The topological polar surface area (TPSA) is 38.1 Å². The Hall–Kier alpha value is -1.61. The average molecular weight is 216 g/mol. The minimum Gasteiger partial charge on any atom is -0.441 e. The van der Waals surface area contributed by atoms with Crippen LogP contribution in [-0.2, 0) is 6.42 Å². The Morgan fingerprint density at radius 1 is 1.25 bits per heavy atom. The van der Waals surface area contributed by atoms with Crippen LogP contribution in [0.4, 0.5) is 0 Å². The van der Waals surface area contributed by atoms with Gasteiger partial charge in [-0.1, -0.05) is 29.8 Å². The molecule has 0 radical (unpaired) electrons. The first-order valence-electron chi connectivity index (χ1n) is 5.46. The summed E-state index contributed by atoms with van der Waals surface area (Å²) in [5, 5.41) is 3.07. The molecule has 84 valence electrons. The zero-order valence-electron chi connectivity index (χ0n) is 9.66. The van der Waals surface area contributed by atoms with E-state index in [2.05, 4.69) is 41.5 Å². The van der Waals surface area contributed by atoms with E-state index in [1.54, 1.807) is 6.20 Å². The second kappa shape index (κ2) is 4.94. The predicted octanol–water partition coefficient (Wildman–Crippen LogP) is 2.41. The number of aromatic nitrogens is 1. The van der Waals surface area contributed by atoms with Crippen LogP contribution < -0.4 is 5.32 Å². The predicted molar refractivity (Wildman–Crippen MR) is 64.3 cm³/mol. The van der Waals surface area contributed by atoms with Gasteiger partial charge in [0.15, 0.2) is 11.7 Å². The van der Waals surface area contributed by atoms with Crippen molar-refractivity contribution in [2.45, 2.75) is 13.3 Å². The molecular weight excluding hydrogens is 200 g/mol. The highest BCUT2D eigenvalue weighted by atomic mass is 16.4. The molecule has 3 nitrogen and oxygen atoms in total. The summed E-state index contributed by atoms with van der Waals surface area (Å²) in [6.07, 6.45) is 2.61. The molecule has 0 saturated carbocycles. The van der Waals surface area contributed by atoms with Crippen LogP contribution in [0.1, 0.15) is 11.5 Å². The van der Waals surface area contributed by atoms with Gasteiger partial charge in [-0.05, 0) is 14.0 Å². The molecule has 0 aliphatic carbocycles. The van der Waals surface area contributed by atoms with Gasteiger partial charge in [0.05, 0.1) is 6.20 Å². The van der Waals surface area contributed by atoms with Gasteiger partial charge in [0.25, 0.3) is 0 Å². The lowest BCUT2D eigenvalue weighted by molar-refractivity contribution is 0.501. The van der Waals surface area contributed by atoms with Crippen LogP contribution in [0.3, 0.4) is 0 Å². The van der Waals surface area contributed by atoms with E-state index in [9.17, 15) is 0 Å². The van der Waals surface area contributed by atoms with Gasteiger partial charge < -0.3 is 9.73 Å². The summed E-state index contributed by atoms with van der Waals surface area (Å²) < 4.78 is 5.66. The first-order chi connectivity index (χ1) is 7.79. The van der Waals surface area contributed by atoms with Crippen molar-refractivity contribution in [3.63, 3.8) is 0 Å². The van der Waals surface area contributed by atoms with Gasteiger partial charge in [-0.15, -0.1) is 0 Å². The molecule has 0 bridgehead atoms. The van der Waals surface area contributed by atoms with Gasteiger partial charge >= 0.3 is 0 Å². The summed E-state index contributed by atoms with van der Waals surface area (Å²) in [4.78, 5) is 4.25. The maximum absolute atomic E-state index is 5.66. The third-order valence-electron chi connectivity index (χ3n) is 2.48. The molecule has 0 saturated heterocycles. The lowest BCUT2D eigenvalue weighted by atomic mass is 10.1. The fourth-order valence-electron chi connectivity index (χ4n) is 1.51. The molecule has 16 heavy (non-hydrogen) atoms. The first kappa shape index (κ1) is 10.9. The molecule has 1 aromatic carbocycles. The van der Waals surface area contributed by atoms with Crippen molar-refractivity contribution in [3.05, 3.63) is 41.9 Å². The molecule has 1 N–H and O–H groups in total. The van der Waals surface area contributed by atoms with E-state index in [0.717, 1.165) is 30.2 Å². The molecule has 0 aliphatic heterocycles. The molecule has 0 aliphatic rings. The molecule has 0 spiro atoms. The highest BCUT2D eigenvalue weighted by Crippen LogP contribution is 2.20. The number of oxazole rings is 1. The highest BCUT2D eigenvalue weighted by Gasteiger charge is 2.05. The molecule has 0 amide bonds. The Morgan fingerprint density at radius 3 is 2.69 bits per heavy atom. The molecule has 1 heterocycles. The second-order valence-corrected chi connectivity index (χ2v) is 3.84. The molecule has 0 unspecified atom stereocenters. The zero-order chi connectivity index (χ0) is 11.4. The van der Waals surface area contributed by atoms with Gasteiger partial charge in [0.2, 0.25) is 0 Å². The quantitative estimate of drug-likeness (QED) is 0.853. The average Bonchev–Trinajstić information content (AvgIpc) is 2.76. The fourth-order valence-corrected chi connectivity index (χ4v) is 1.51. The van der Waals surface area contributed by atoms with Crippen molar-refractivity contribution >= 4 is 0 Å². The van der Waals surface area contributed by atoms with Crippen LogP contribution in [0.15, 0.2) is 34.9 Å². The Kier molecular flexibility index (Phi) is 3.37. The Balaban J connectivity index is 2.15. The number of benzene rings is 1. The zero-order valence-corrected chi connectivity index (χ0v) is 9.66. The van der Waals surface area contributed by atoms with Crippen molar-refractivity contribution in [1.29, 1.82) is 0 Å². The summed E-state index contributed by atoms with van der Waals surface area (Å²) in [6, 6.07) is 8.26. The Morgan fingerprint density at radius 2 is 2.00 bits per heavy atom. The van der Waals surface area contributed by atoms with E-state index in [1.807, 2.05) is 7.05 Å². The normalized spacial score (nSPS) is 10.6. The number of hydrogen-bond acceptors (Lipinski definition) is 3. The number of hydrogen-bond donors (Lipinski definition) is 1. The van der Waals surface area contributed by atoms with Gasteiger partial charge in [0.1, 0.15) is 0 Å². The van der Waals surface area contributed by atoms with Crippen molar-refractivity contribution < 1.29 is 4.42 Å². The molecule has 0 atom stereocenters. The molecule has 2 aromatic rings. The van der Waals surface area contributed by atoms with Crippen LogP contribution in [-0.4, -0.2) is 18.6 Å². The highest BCUT2D eigenvalue weighted by molar-refractivity contribution is 5.56. The maximum Gasteiger partial charge on any atom is 0.196 e. The van der Waals surface area contributed by atoms with Crippen LogP contribution in [0, 0.1) is 6.92 Å². The number of rotatable bonds is 4. The first-order valence-corrected chi connectivity index (χ1v) is 5.46. The van der Waals surface area contributed by atoms with Gasteiger partial charge in [-0.2, -0.15) is 0 Å². The summed E-state index contributed by atoms with van der Waals surface area (Å²) in [5.74, 6) is 1.62. The van der Waals surface area contributed by atoms with Crippen molar-refractivity contribution in [1.82, 2.24) is 10.3 Å². The van der Waals surface area contributed by atoms with E-state index in [-0.39, 0.29) is 0 Å². The number of nitrogens with one attached hydrogen (secondary N) is 1. The van der Waals surface area contributed by atoms with Crippen LogP contribution in [0.25, 0.3) is 11.3 Å². The summed E-state index contributed by atoms with van der Waals surface area (Å²) in [5.41, 5.74) is 2.33. The molecule has 2 rings (SSSR count). The molecule has 3 heteroatoms. The van der Waals surface area contributed by atoms with Crippen molar-refractivity contribution in [2.75, 3.05) is 13.6 Å². The Bertz CT molecular complexity index is 445. The third-order valence-corrected chi connectivity index (χ3v) is 2.48. The van der Waals surface area contributed by atoms with Crippen molar-refractivity contribution in [2.24, 2.45) is 0 Å². The minimum atomic E-state index is 0.782. The molecule has 1 aromatic heterocycles. The van der Waals surface area contributed by atoms with E-state index < -0.39 is 0 Å². The maximum atomic E-state index is 5.66. The monoisotopic (exact) mass is 216 g/mol. The largest absolute Gasteiger partial charge is 0.441 e. The van der Waals surface area contributed by atoms with E-state index >= 15 is 0 Å². The summed E-state index contributed by atoms with van der Waals surface area (Å²) in [6.45, 7) is 2.95. The third kappa shape index (κ3) is 2.49. The fraction of sp³-hybridized carbons (Fsp3) is 0.308. The van der Waals surface area contributed by atoms with E-state index in [4.69, 9.17) is 4.42 Å². The summed E-state index contributed by atoms with van der Waals surface area (Å²) in [7, 11) is 1.92. The SMILES string of the molecule is CNCCc1ncc(-c2ccc(C)cc2)o1. The van der Waals surface area contributed by atoms with Gasteiger partial charge in [-0.25, -0.2) is 4.98 Å². The van der Waals surface area contributed by atoms with Crippen LogP contribution >= 0.6 is 0 Å². The minimum absolute atomic E-state index is 0.782. The van der Waals surface area contributed by atoms with Crippen LogP contribution in [0.5, 0.6) is 0 Å².